The summed E-state index contributed by atoms with van der Waals surface area (Å²) >= 11 is 0. The Morgan fingerprint density at radius 2 is 1.68 bits per heavy atom. The lowest BCUT2D eigenvalue weighted by Gasteiger charge is -2.58. The molecule has 3 nitrogen and oxygen atoms in total. The Hall–Kier alpha value is -0.830. The first-order chi connectivity index (χ1) is 8.97. The Balaban J connectivity index is 1.72. The van der Waals surface area contributed by atoms with E-state index in [2.05, 4.69) is 0 Å². The smallest absolute Gasteiger partial charge is 0.328 e. The van der Waals surface area contributed by atoms with Gasteiger partial charge in [0, 0.05) is 6.08 Å². The molecule has 0 aromatic carbocycles. The predicted octanol–water partition coefficient (Wildman–Crippen LogP) is 2.98. The van der Waals surface area contributed by atoms with E-state index in [9.17, 15) is 9.90 Å². The highest BCUT2D eigenvalue weighted by molar-refractivity contribution is 5.80. The molecule has 106 valence electrons. The van der Waals surface area contributed by atoms with Gasteiger partial charge in [0.05, 0.1) is 6.10 Å². The molecule has 4 rings (SSSR count). The second-order valence-electron chi connectivity index (χ2n) is 7.33. The summed E-state index contributed by atoms with van der Waals surface area (Å²) < 4.78 is 0. The van der Waals surface area contributed by atoms with Gasteiger partial charge < -0.3 is 10.2 Å². The lowest BCUT2D eigenvalue weighted by Crippen LogP contribution is -2.51. The van der Waals surface area contributed by atoms with Crippen molar-refractivity contribution in [2.24, 2.45) is 23.2 Å². The van der Waals surface area contributed by atoms with Crippen molar-refractivity contribution in [1.29, 1.82) is 0 Å². The fraction of sp³-hybridized carbons (Fsp3) is 0.812. The third-order valence-electron chi connectivity index (χ3n) is 5.68. The van der Waals surface area contributed by atoms with Crippen molar-refractivity contribution in [1.82, 2.24) is 0 Å². The first-order valence-corrected chi connectivity index (χ1v) is 7.55. The van der Waals surface area contributed by atoms with Gasteiger partial charge in [-0.05, 0) is 75.0 Å². The minimum absolute atomic E-state index is 0.0996. The van der Waals surface area contributed by atoms with Crippen molar-refractivity contribution >= 4 is 5.97 Å². The highest BCUT2D eigenvalue weighted by Crippen LogP contribution is 2.61. The van der Waals surface area contributed by atoms with Crippen LogP contribution in [0.2, 0.25) is 0 Å². The third-order valence-corrected chi connectivity index (χ3v) is 5.68. The topological polar surface area (TPSA) is 57.5 Å². The number of aliphatic hydroxyl groups is 1. The van der Waals surface area contributed by atoms with Gasteiger partial charge >= 0.3 is 5.97 Å². The maximum atomic E-state index is 10.7. The Morgan fingerprint density at radius 1 is 1.21 bits per heavy atom. The minimum atomic E-state index is -0.907. The van der Waals surface area contributed by atoms with E-state index in [0.717, 1.165) is 23.3 Å². The van der Waals surface area contributed by atoms with Gasteiger partial charge in [-0.15, -0.1) is 0 Å². The highest BCUT2D eigenvalue weighted by Gasteiger charge is 2.53. The molecule has 4 aliphatic carbocycles. The summed E-state index contributed by atoms with van der Waals surface area (Å²) in [5.74, 6) is 1.56. The molecule has 0 aromatic heterocycles. The summed E-state index contributed by atoms with van der Waals surface area (Å²) in [7, 11) is 0. The van der Waals surface area contributed by atoms with E-state index in [1.54, 1.807) is 0 Å². The van der Waals surface area contributed by atoms with Crippen molar-refractivity contribution < 1.29 is 15.0 Å². The second-order valence-corrected chi connectivity index (χ2v) is 7.33. The summed E-state index contributed by atoms with van der Waals surface area (Å²) in [6, 6.07) is 0. The van der Waals surface area contributed by atoms with Crippen molar-refractivity contribution in [2.45, 2.75) is 58.0 Å². The van der Waals surface area contributed by atoms with Gasteiger partial charge in [0.15, 0.2) is 0 Å². The van der Waals surface area contributed by atoms with Gasteiger partial charge in [0.1, 0.15) is 0 Å². The van der Waals surface area contributed by atoms with Crippen LogP contribution in [0.3, 0.4) is 0 Å². The predicted molar refractivity (Wildman–Crippen MR) is 72.6 cm³/mol. The number of aliphatic carboxylic acids is 1. The average molecular weight is 264 g/mol. The van der Waals surface area contributed by atoms with Crippen LogP contribution in [0.1, 0.15) is 51.9 Å². The molecule has 0 saturated heterocycles. The molecule has 4 aliphatic rings. The van der Waals surface area contributed by atoms with Gasteiger partial charge in [0.25, 0.3) is 0 Å². The number of carboxylic acids is 1. The summed E-state index contributed by atoms with van der Waals surface area (Å²) in [4.78, 5) is 10.7. The maximum absolute atomic E-state index is 10.7. The molecule has 4 saturated carbocycles. The van der Waals surface area contributed by atoms with E-state index >= 15 is 0 Å². The number of carbonyl (C=O) groups is 1. The molecule has 19 heavy (non-hydrogen) atoms. The monoisotopic (exact) mass is 264 g/mol. The molecule has 0 amide bonds. The molecule has 1 atom stereocenters. The van der Waals surface area contributed by atoms with Gasteiger partial charge in [-0.1, -0.05) is 5.57 Å². The molecule has 3 heteroatoms. The zero-order valence-electron chi connectivity index (χ0n) is 11.6. The van der Waals surface area contributed by atoms with Crippen molar-refractivity contribution in [3.05, 3.63) is 11.6 Å². The SMILES string of the molecule is C/C(=C/C(=O)O)CC(O)C12CC3CC(CC(C3)C1)C2. The van der Waals surface area contributed by atoms with E-state index in [0.29, 0.717) is 6.42 Å². The highest BCUT2D eigenvalue weighted by atomic mass is 16.4. The number of hydrogen-bond acceptors (Lipinski definition) is 2. The van der Waals surface area contributed by atoms with E-state index in [1.807, 2.05) is 6.92 Å². The summed E-state index contributed by atoms with van der Waals surface area (Å²) in [6.45, 7) is 1.82. The molecule has 0 aromatic rings. The quantitative estimate of drug-likeness (QED) is 0.767. The van der Waals surface area contributed by atoms with Crippen LogP contribution in [0.15, 0.2) is 11.6 Å². The molecular formula is C16H24O3. The summed E-state index contributed by atoms with van der Waals surface area (Å²) in [6.07, 6.45) is 9.03. The number of rotatable bonds is 4. The van der Waals surface area contributed by atoms with Gasteiger partial charge in [-0.3, -0.25) is 0 Å². The maximum Gasteiger partial charge on any atom is 0.328 e. The first kappa shape index (κ1) is 13.2. The molecule has 0 spiro atoms. The Kier molecular flexibility index (Phi) is 3.20. The molecule has 2 N–H and O–H groups in total. The van der Waals surface area contributed by atoms with Gasteiger partial charge in [0.2, 0.25) is 0 Å². The van der Waals surface area contributed by atoms with E-state index in [4.69, 9.17) is 5.11 Å². The van der Waals surface area contributed by atoms with E-state index in [1.165, 1.54) is 44.6 Å². The van der Waals surface area contributed by atoms with Gasteiger partial charge in [-0.2, -0.15) is 0 Å². The van der Waals surface area contributed by atoms with Crippen LogP contribution in [0.25, 0.3) is 0 Å². The van der Waals surface area contributed by atoms with E-state index in [-0.39, 0.29) is 11.5 Å². The van der Waals surface area contributed by atoms with Crippen LogP contribution in [0.5, 0.6) is 0 Å². The number of carboxylic acid groups (broad SMARTS) is 1. The van der Waals surface area contributed by atoms with Crippen molar-refractivity contribution in [2.75, 3.05) is 0 Å². The fourth-order valence-electron chi connectivity index (χ4n) is 5.38. The van der Waals surface area contributed by atoms with Gasteiger partial charge in [-0.25, -0.2) is 4.79 Å². The number of aliphatic hydroxyl groups excluding tert-OH is 1. The number of hydrogen-bond donors (Lipinski definition) is 2. The molecule has 0 aliphatic heterocycles. The summed E-state index contributed by atoms with van der Waals surface area (Å²) in [5.41, 5.74) is 0.887. The van der Waals surface area contributed by atoms with Crippen LogP contribution in [-0.2, 0) is 4.79 Å². The minimum Gasteiger partial charge on any atom is -0.478 e. The fourth-order valence-corrected chi connectivity index (χ4v) is 5.38. The van der Waals surface area contributed by atoms with Crippen LogP contribution >= 0.6 is 0 Å². The molecule has 4 bridgehead atoms. The summed E-state index contributed by atoms with van der Waals surface area (Å²) in [5, 5.41) is 19.4. The molecular weight excluding hydrogens is 240 g/mol. The van der Waals surface area contributed by atoms with Crippen molar-refractivity contribution in [3.63, 3.8) is 0 Å². The van der Waals surface area contributed by atoms with Crippen LogP contribution in [0.4, 0.5) is 0 Å². The first-order valence-electron chi connectivity index (χ1n) is 7.55. The Morgan fingerprint density at radius 3 is 2.11 bits per heavy atom. The molecule has 0 heterocycles. The zero-order valence-corrected chi connectivity index (χ0v) is 11.6. The van der Waals surface area contributed by atoms with Crippen LogP contribution in [0, 0.1) is 23.2 Å². The van der Waals surface area contributed by atoms with E-state index < -0.39 is 5.97 Å². The lowest BCUT2D eigenvalue weighted by molar-refractivity contribution is -0.131. The lowest BCUT2D eigenvalue weighted by atomic mass is 9.48. The van der Waals surface area contributed by atoms with Crippen molar-refractivity contribution in [3.8, 4) is 0 Å². The van der Waals surface area contributed by atoms with Crippen LogP contribution < -0.4 is 0 Å². The molecule has 0 radical (unpaired) electrons. The molecule has 4 fully saturated rings. The van der Waals surface area contributed by atoms with Crippen LogP contribution in [-0.4, -0.2) is 22.3 Å². The largest absolute Gasteiger partial charge is 0.478 e. The second kappa shape index (κ2) is 4.62. The normalized spacial score (nSPS) is 42.4. The Bertz CT molecular complexity index is 375. The Labute approximate surface area is 114 Å². The standard InChI is InChI=1S/C16H24O3/c1-10(3-15(18)19)2-14(17)16-7-11-4-12(8-16)6-13(5-11)9-16/h3,11-14,17H,2,4-9H2,1H3,(H,18,19)/b10-3-. The zero-order chi connectivity index (χ0) is 13.6. The third kappa shape index (κ3) is 2.45. The average Bonchev–Trinajstić information content (AvgIpc) is 2.25. The molecule has 1 unspecified atom stereocenters.